The van der Waals surface area contributed by atoms with Crippen LogP contribution in [0.4, 0.5) is 0 Å². The third kappa shape index (κ3) is 4.19. The number of aryl methyl sites for hydroxylation is 3. The molecule has 0 atom stereocenters. The van der Waals surface area contributed by atoms with Crippen molar-refractivity contribution in [2.75, 3.05) is 6.61 Å². The highest BCUT2D eigenvalue weighted by Gasteiger charge is 2.13. The van der Waals surface area contributed by atoms with Crippen LogP contribution in [0.5, 0.6) is 5.75 Å². The van der Waals surface area contributed by atoms with Crippen molar-refractivity contribution in [2.45, 2.75) is 32.8 Å². The summed E-state index contributed by atoms with van der Waals surface area (Å²) in [5, 5.41) is 0. The molecule has 1 aromatic heterocycles. The number of oxazole rings is 1. The Labute approximate surface area is 157 Å². The lowest BCUT2D eigenvalue weighted by Gasteiger charge is -2.07. The summed E-state index contributed by atoms with van der Waals surface area (Å²) in [6.07, 6.45) is 4.89. The zero-order valence-corrected chi connectivity index (χ0v) is 15.2. The summed E-state index contributed by atoms with van der Waals surface area (Å²) in [6, 6.07) is 13.9. The van der Waals surface area contributed by atoms with Crippen LogP contribution in [-0.2, 0) is 29.0 Å². The van der Waals surface area contributed by atoms with Crippen molar-refractivity contribution in [3.63, 3.8) is 0 Å². The number of esters is 1. The molecule has 0 radical (unpaired) electrons. The van der Waals surface area contributed by atoms with Crippen LogP contribution in [0, 0.1) is 6.92 Å². The van der Waals surface area contributed by atoms with Gasteiger partial charge in [0.15, 0.2) is 6.61 Å². The number of rotatable bonds is 6. The molecular weight excluding hydrogens is 342 g/mol. The van der Waals surface area contributed by atoms with Crippen LogP contribution in [0.25, 0.3) is 11.5 Å². The zero-order chi connectivity index (χ0) is 18.6. The summed E-state index contributed by atoms with van der Waals surface area (Å²) >= 11 is 0. The van der Waals surface area contributed by atoms with E-state index in [-0.39, 0.29) is 13.2 Å². The second-order valence-corrected chi connectivity index (χ2v) is 6.74. The van der Waals surface area contributed by atoms with Crippen LogP contribution in [-0.4, -0.2) is 17.6 Å². The maximum Gasteiger partial charge on any atom is 0.344 e. The van der Waals surface area contributed by atoms with E-state index in [9.17, 15) is 4.79 Å². The van der Waals surface area contributed by atoms with Crippen LogP contribution in [0.2, 0.25) is 0 Å². The predicted octanol–water partition coefficient (Wildman–Crippen LogP) is 4.26. The van der Waals surface area contributed by atoms with E-state index >= 15 is 0 Å². The minimum Gasteiger partial charge on any atom is -0.482 e. The highest BCUT2D eigenvalue weighted by Crippen LogP contribution is 2.26. The molecule has 138 valence electrons. The van der Waals surface area contributed by atoms with Crippen LogP contribution in [0.15, 0.2) is 53.1 Å². The van der Waals surface area contributed by atoms with Gasteiger partial charge in [0, 0.05) is 5.56 Å². The summed E-state index contributed by atoms with van der Waals surface area (Å²) in [6.45, 7) is 1.96. The molecule has 5 nitrogen and oxygen atoms in total. The first-order chi connectivity index (χ1) is 13.2. The van der Waals surface area contributed by atoms with Gasteiger partial charge in [-0.05, 0) is 61.6 Å². The van der Waals surface area contributed by atoms with E-state index in [1.807, 2.05) is 43.3 Å². The van der Waals surface area contributed by atoms with Gasteiger partial charge in [-0.15, -0.1) is 0 Å². The molecule has 0 fully saturated rings. The van der Waals surface area contributed by atoms with E-state index in [1.165, 1.54) is 29.4 Å². The normalized spacial score (nSPS) is 12.6. The summed E-state index contributed by atoms with van der Waals surface area (Å²) in [7, 11) is 0. The van der Waals surface area contributed by atoms with Crippen molar-refractivity contribution in [1.82, 2.24) is 4.98 Å². The summed E-state index contributed by atoms with van der Waals surface area (Å²) in [5.74, 6) is 0.779. The van der Waals surface area contributed by atoms with Crippen molar-refractivity contribution >= 4 is 5.97 Å². The summed E-state index contributed by atoms with van der Waals surface area (Å²) in [4.78, 5) is 16.3. The van der Waals surface area contributed by atoms with E-state index in [4.69, 9.17) is 13.9 Å². The second kappa shape index (κ2) is 7.66. The maximum absolute atomic E-state index is 11.9. The zero-order valence-electron chi connectivity index (χ0n) is 15.2. The monoisotopic (exact) mass is 363 g/mol. The molecule has 0 spiro atoms. The Kier molecular flexibility index (Phi) is 4.92. The number of benzene rings is 2. The average Bonchev–Trinajstić information content (AvgIpc) is 3.34. The molecule has 0 saturated heterocycles. The number of hydrogen-bond donors (Lipinski definition) is 0. The van der Waals surface area contributed by atoms with Crippen LogP contribution >= 0.6 is 0 Å². The van der Waals surface area contributed by atoms with Crippen molar-refractivity contribution in [2.24, 2.45) is 0 Å². The molecular formula is C22H21NO4. The fourth-order valence-corrected chi connectivity index (χ4v) is 3.18. The van der Waals surface area contributed by atoms with Crippen LogP contribution < -0.4 is 4.74 Å². The molecule has 0 N–H and O–H groups in total. The standard InChI is InChI=1S/C22H21NO4/c1-15-5-7-17(8-6-15)22-23-19(13-27-22)12-26-21(24)14-25-20-10-9-16-3-2-4-18(16)11-20/h5-11,13H,2-4,12,14H2,1H3. The van der Waals surface area contributed by atoms with E-state index in [2.05, 4.69) is 11.1 Å². The predicted molar refractivity (Wildman–Crippen MR) is 100 cm³/mol. The van der Waals surface area contributed by atoms with Gasteiger partial charge >= 0.3 is 5.97 Å². The lowest BCUT2D eigenvalue weighted by molar-refractivity contribution is -0.147. The fraction of sp³-hybridized carbons (Fsp3) is 0.273. The lowest BCUT2D eigenvalue weighted by Crippen LogP contribution is -2.15. The second-order valence-electron chi connectivity index (χ2n) is 6.74. The highest BCUT2D eigenvalue weighted by molar-refractivity contribution is 5.71. The molecule has 0 bridgehead atoms. The Hall–Kier alpha value is -3.08. The number of nitrogens with zero attached hydrogens (tertiary/aromatic N) is 1. The molecule has 0 amide bonds. The first-order valence-corrected chi connectivity index (χ1v) is 9.09. The van der Waals surface area contributed by atoms with Gasteiger partial charge in [-0.3, -0.25) is 0 Å². The average molecular weight is 363 g/mol. The maximum atomic E-state index is 11.9. The Morgan fingerprint density at radius 1 is 1.11 bits per heavy atom. The molecule has 1 aliphatic rings. The van der Waals surface area contributed by atoms with Crippen molar-refractivity contribution in [3.8, 4) is 17.2 Å². The Morgan fingerprint density at radius 3 is 2.78 bits per heavy atom. The van der Waals surface area contributed by atoms with Gasteiger partial charge in [0.2, 0.25) is 5.89 Å². The number of carbonyl (C=O) groups is 1. The Bertz CT molecular complexity index is 943. The minimum absolute atomic E-state index is 0.0573. The number of aromatic nitrogens is 1. The third-order valence-corrected chi connectivity index (χ3v) is 4.66. The molecule has 0 aliphatic heterocycles. The molecule has 2 aromatic carbocycles. The fourth-order valence-electron chi connectivity index (χ4n) is 3.18. The summed E-state index contributed by atoms with van der Waals surface area (Å²) < 4.78 is 16.2. The van der Waals surface area contributed by atoms with Crippen molar-refractivity contribution < 1.29 is 18.7 Å². The number of ether oxygens (including phenoxy) is 2. The molecule has 3 aromatic rings. The quantitative estimate of drug-likeness (QED) is 0.612. The molecule has 0 unspecified atom stereocenters. The first kappa shape index (κ1) is 17.3. The highest BCUT2D eigenvalue weighted by atomic mass is 16.6. The Balaban J connectivity index is 1.27. The van der Waals surface area contributed by atoms with Gasteiger partial charge in [0.25, 0.3) is 0 Å². The minimum atomic E-state index is -0.435. The lowest BCUT2D eigenvalue weighted by atomic mass is 10.1. The molecule has 1 heterocycles. The van der Waals surface area contributed by atoms with E-state index in [1.54, 1.807) is 0 Å². The smallest absolute Gasteiger partial charge is 0.344 e. The summed E-state index contributed by atoms with van der Waals surface area (Å²) in [5.41, 5.74) is 5.31. The van der Waals surface area contributed by atoms with Gasteiger partial charge in [0.05, 0.1) is 0 Å². The van der Waals surface area contributed by atoms with E-state index < -0.39 is 5.97 Å². The number of fused-ring (bicyclic) bond motifs is 1. The molecule has 27 heavy (non-hydrogen) atoms. The largest absolute Gasteiger partial charge is 0.482 e. The number of carbonyl (C=O) groups excluding carboxylic acids is 1. The Morgan fingerprint density at radius 2 is 1.93 bits per heavy atom. The van der Waals surface area contributed by atoms with E-state index in [0.29, 0.717) is 17.3 Å². The van der Waals surface area contributed by atoms with Crippen molar-refractivity contribution in [3.05, 3.63) is 71.1 Å². The number of hydrogen-bond acceptors (Lipinski definition) is 5. The van der Waals surface area contributed by atoms with Gasteiger partial charge in [-0.25, -0.2) is 9.78 Å². The topological polar surface area (TPSA) is 61.6 Å². The first-order valence-electron chi connectivity index (χ1n) is 9.09. The van der Waals surface area contributed by atoms with Crippen LogP contribution in [0.1, 0.15) is 28.8 Å². The van der Waals surface area contributed by atoms with E-state index in [0.717, 1.165) is 18.4 Å². The molecule has 5 heteroatoms. The molecule has 4 rings (SSSR count). The van der Waals surface area contributed by atoms with Crippen LogP contribution in [0.3, 0.4) is 0 Å². The van der Waals surface area contributed by atoms with Gasteiger partial charge < -0.3 is 13.9 Å². The molecule has 0 saturated carbocycles. The van der Waals surface area contributed by atoms with Gasteiger partial charge in [0.1, 0.15) is 24.3 Å². The van der Waals surface area contributed by atoms with Crippen molar-refractivity contribution in [1.29, 1.82) is 0 Å². The van der Waals surface area contributed by atoms with Gasteiger partial charge in [-0.1, -0.05) is 23.8 Å². The SMILES string of the molecule is Cc1ccc(-c2nc(COC(=O)COc3ccc4c(c3)CCC4)co2)cc1. The molecule has 1 aliphatic carbocycles. The van der Waals surface area contributed by atoms with Gasteiger partial charge in [-0.2, -0.15) is 0 Å². The third-order valence-electron chi connectivity index (χ3n) is 4.66.